The number of hydrogen-bond acceptors (Lipinski definition) is 2. The summed E-state index contributed by atoms with van der Waals surface area (Å²) in [6.45, 7) is 8.47. The number of aliphatic hydroxyl groups excluding tert-OH is 1. The van der Waals surface area contributed by atoms with Gasteiger partial charge in [0.05, 0.1) is 11.8 Å². The van der Waals surface area contributed by atoms with Crippen molar-refractivity contribution in [3.8, 4) is 0 Å². The van der Waals surface area contributed by atoms with Crippen molar-refractivity contribution in [2.75, 3.05) is 11.4 Å². The molecule has 1 unspecified atom stereocenters. The lowest BCUT2D eigenvalue weighted by molar-refractivity contribution is 0.199. The first-order chi connectivity index (χ1) is 7.47. The molecule has 1 N–H and O–H groups in total. The molecule has 0 fully saturated rings. The molecule has 0 amide bonds. The van der Waals surface area contributed by atoms with Crippen LogP contribution in [0, 0.1) is 5.82 Å². The summed E-state index contributed by atoms with van der Waals surface area (Å²) in [5, 5.41) is 9.36. The van der Waals surface area contributed by atoms with Crippen LogP contribution in [0.5, 0.6) is 0 Å². The van der Waals surface area contributed by atoms with Crippen LogP contribution in [0.2, 0.25) is 0 Å². The maximum absolute atomic E-state index is 13.9. The predicted octanol–water partition coefficient (Wildman–Crippen LogP) is 3.11. The molecule has 0 bridgehead atoms. The van der Waals surface area contributed by atoms with Crippen LogP contribution in [-0.2, 0) is 0 Å². The van der Waals surface area contributed by atoms with Crippen molar-refractivity contribution in [3.05, 3.63) is 29.6 Å². The number of anilines is 1. The highest BCUT2D eigenvalue weighted by Crippen LogP contribution is 2.24. The van der Waals surface area contributed by atoms with Crippen molar-refractivity contribution >= 4 is 5.69 Å². The minimum absolute atomic E-state index is 0.261. The standard InChI is InChI=1S/C13H20FNO/c1-5-15(9(2)3)13-7-6-11(10(4)16)8-12(13)14/h6-10,16H,5H2,1-4H3. The van der Waals surface area contributed by atoms with E-state index in [0.717, 1.165) is 6.54 Å². The third-order valence-electron chi connectivity index (χ3n) is 2.73. The first-order valence-corrected chi connectivity index (χ1v) is 5.71. The number of hydrogen-bond donors (Lipinski definition) is 1. The fourth-order valence-electron chi connectivity index (χ4n) is 1.83. The second-order valence-electron chi connectivity index (χ2n) is 4.27. The summed E-state index contributed by atoms with van der Waals surface area (Å²) < 4.78 is 13.9. The van der Waals surface area contributed by atoms with E-state index in [-0.39, 0.29) is 11.9 Å². The molecule has 0 aliphatic heterocycles. The first-order valence-electron chi connectivity index (χ1n) is 5.71. The summed E-state index contributed by atoms with van der Waals surface area (Å²) in [6, 6.07) is 5.18. The van der Waals surface area contributed by atoms with Gasteiger partial charge in [-0.05, 0) is 45.4 Å². The molecule has 16 heavy (non-hydrogen) atoms. The SMILES string of the molecule is CCN(c1ccc(C(C)O)cc1F)C(C)C. The van der Waals surface area contributed by atoms with E-state index < -0.39 is 6.10 Å². The smallest absolute Gasteiger partial charge is 0.146 e. The number of nitrogens with zero attached hydrogens (tertiary/aromatic N) is 1. The minimum atomic E-state index is -0.627. The van der Waals surface area contributed by atoms with Gasteiger partial charge < -0.3 is 10.0 Å². The van der Waals surface area contributed by atoms with Crippen molar-refractivity contribution in [2.24, 2.45) is 0 Å². The molecule has 2 nitrogen and oxygen atoms in total. The quantitative estimate of drug-likeness (QED) is 0.851. The Morgan fingerprint density at radius 3 is 2.31 bits per heavy atom. The number of benzene rings is 1. The fraction of sp³-hybridized carbons (Fsp3) is 0.538. The molecule has 0 aliphatic carbocycles. The van der Waals surface area contributed by atoms with Gasteiger partial charge in [0, 0.05) is 12.6 Å². The van der Waals surface area contributed by atoms with E-state index in [0.29, 0.717) is 11.3 Å². The van der Waals surface area contributed by atoms with E-state index in [1.807, 2.05) is 25.7 Å². The van der Waals surface area contributed by atoms with Crippen molar-refractivity contribution in [3.63, 3.8) is 0 Å². The average molecular weight is 225 g/mol. The number of halogens is 1. The summed E-state index contributed by atoms with van der Waals surface area (Å²) in [5.74, 6) is -0.269. The predicted molar refractivity (Wildman–Crippen MR) is 65.2 cm³/mol. The van der Waals surface area contributed by atoms with Crippen molar-refractivity contribution in [1.82, 2.24) is 0 Å². The van der Waals surface area contributed by atoms with Gasteiger partial charge in [-0.1, -0.05) is 6.07 Å². The van der Waals surface area contributed by atoms with E-state index in [1.165, 1.54) is 6.07 Å². The minimum Gasteiger partial charge on any atom is -0.389 e. The molecule has 0 heterocycles. The van der Waals surface area contributed by atoms with Crippen LogP contribution < -0.4 is 4.90 Å². The van der Waals surface area contributed by atoms with Crippen molar-refractivity contribution in [1.29, 1.82) is 0 Å². The summed E-state index contributed by atoms with van der Waals surface area (Å²) in [5.41, 5.74) is 1.21. The molecule has 0 aromatic heterocycles. The third kappa shape index (κ3) is 2.73. The molecule has 1 rings (SSSR count). The largest absolute Gasteiger partial charge is 0.389 e. The Bertz CT molecular complexity index is 350. The average Bonchev–Trinajstić information content (AvgIpc) is 2.20. The van der Waals surface area contributed by atoms with Crippen molar-refractivity contribution in [2.45, 2.75) is 39.8 Å². The molecule has 90 valence electrons. The maximum atomic E-state index is 13.9. The topological polar surface area (TPSA) is 23.5 Å². The van der Waals surface area contributed by atoms with Gasteiger partial charge in [0.2, 0.25) is 0 Å². The highest BCUT2D eigenvalue weighted by molar-refractivity contribution is 5.50. The highest BCUT2D eigenvalue weighted by Gasteiger charge is 2.14. The summed E-state index contributed by atoms with van der Waals surface area (Å²) in [6.07, 6.45) is -0.627. The van der Waals surface area contributed by atoms with Crippen LogP contribution in [0.25, 0.3) is 0 Å². The Hall–Kier alpha value is -1.09. The molecule has 3 heteroatoms. The van der Waals surface area contributed by atoms with Crippen LogP contribution in [0.3, 0.4) is 0 Å². The van der Waals surface area contributed by atoms with Gasteiger partial charge in [-0.25, -0.2) is 4.39 Å². The lowest BCUT2D eigenvalue weighted by Gasteiger charge is -2.28. The zero-order valence-corrected chi connectivity index (χ0v) is 10.4. The molecule has 1 aromatic carbocycles. The van der Waals surface area contributed by atoms with Gasteiger partial charge in [-0.2, -0.15) is 0 Å². The van der Waals surface area contributed by atoms with Gasteiger partial charge in [0.25, 0.3) is 0 Å². The summed E-state index contributed by atoms with van der Waals surface area (Å²) in [7, 11) is 0. The Kier molecular flexibility index (Phi) is 4.30. The van der Waals surface area contributed by atoms with E-state index in [1.54, 1.807) is 19.1 Å². The van der Waals surface area contributed by atoms with Crippen LogP contribution in [0.1, 0.15) is 39.4 Å². The van der Waals surface area contributed by atoms with Gasteiger partial charge in [-0.15, -0.1) is 0 Å². The van der Waals surface area contributed by atoms with Crippen LogP contribution in [0.4, 0.5) is 10.1 Å². The van der Waals surface area contributed by atoms with Gasteiger partial charge >= 0.3 is 0 Å². The van der Waals surface area contributed by atoms with Gasteiger partial charge in [0.1, 0.15) is 5.82 Å². The molecular formula is C13H20FNO. The van der Waals surface area contributed by atoms with E-state index in [2.05, 4.69) is 0 Å². The number of aliphatic hydroxyl groups is 1. The molecule has 0 saturated heterocycles. The van der Waals surface area contributed by atoms with Gasteiger partial charge in [0.15, 0.2) is 0 Å². The Morgan fingerprint density at radius 1 is 1.31 bits per heavy atom. The molecular weight excluding hydrogens is 205 g/mol. The molecule has 1 atom stereocenters. The summed E-state index contributed by atoms with van der Waals surface area (Å²) in [4.78, 5) is 1.99. The molecule has 0 saturated carbocycles. The third-order valence-corrected chi connectivity index (χ3v) is 2.73. The zero-order valence-electron chi connectivity index (χ0n) is 10.4. The molecule has 1 aromatic rings. The lowest BCUT2D eigenvalue weighted by Crippen LogP contribution is -2.31. The van der Waals surface area contributed by atoms with Crippen molar-refractivity contribution < 1.29 is 9.50 Å². The Morgan fingerprint density at radius 2 is 1.94 bits per heavy atom. The fourth-order valence-corrected chi connectivity index (χ4v) is 1.83. The molecule has 0 spiro atoms. The molecule has 0 aliphatic rings. The first kappa shape index (κ1) is 13.0. The summed E-state index contributed by atoms with van der Waals surface area (Å²) >= 11 is 0. The lowest BCUT2D eigenvalue weighted by atomic mass is 10.1. The van der Waals surface area contributed by atoms with Crippen LogP contribution in [-0.4, -0.2) is 17.7 Å². The highest BCUT2D eigenvalue weighted by atomic mass is 19.1. The van der Waals surface area contributed by atoms with Gasteiger partial charge in [-0.3, -0.25) is 0 Å². The second-order valence-corrected chi connectivity index (χ2v) is 4.27. The van der Waals surface area contributed by atoms with E-state index in [9.17, 15) is 9.50 Å². The zero-order chi connectivity index (χ0) is 12.3. The van der Waals surface area contributed by atoms with Crippen LogP contribution >= 0.6 is 0 Å². The normalized spacial score (nSPS) is 12.9. The Balaban J connectivity index is 3.06. The molecule has 0 radical (unpaired) electrons. The maximum Gasteiger partial charge on any atom is 0.146 e. The van der Waals surface area contributed by atoms with E-state index in [4.69, 9.17) is 0 Å². The number of rotatable bonds is 4. The van der Waals surface area contributed by atoms with Crippen LogP contribution in [0.15, 0.2) is 18.2 Å². The Labute approximate surface area is 96.7 Å². The van der Waals surface area contributed by atoms with E-state index >= 15 is 0 Å². The monoisotopic (exact) mass is 225 g/mol. The second kappa shape index (κ2) is 5.30.